The zero-order valence-electron chi connectivity index (χ0n) is 42.8. The van der Waals surface area contributed by atoms with Gasteiger partial charge in [0.1, 0.15) is 53.4 Å². The number of aryl methyl sites for hydroxylation is 1. The molecule has 4 N–H and O–H groups in total. The monoisotopic (exact) mass is 1010 g/mol. The third-order valence-corrected chi connectivity index (χ3v) is 19.0. The first-order chi connectivity index (χ1) is 35.2. The largest absolute Gasteiger partial charge is 0.457 e. The van der Waals surface area contributed by atoms with Crippen LogP contribution in [-0.4, -0.2) is 103 Å². The molecule has 2 aliphatic heterocycles. The number of rotatable bonds is 17. The zero-order valence-corrected chi connectivity index (χ0v) is 43.8. The lowest BCUT2D eigenvalue weighted by molar-refractivity contribution is -0.129. The first kappa shape index (κ1) is 50.6. The molecule has 2 amide bonds. The second kappa shape index (κ2) is 21.8. The van der Waals surface area contributed by atoms with E-state index in [4.69, 9.17) is 34.8 Å². The van der Waals surface area contributed by atoms with Crippen LogP contribution in [0.4, 0.5) is 28.1 Å². The average Bonchev–Trinajstić information content (AvgIpc) is 4.01. The highest BCUT2D eigenvalue weighted by Gasteiger charge is 2.37. The Labute approximate surface area is 427 Å². The fourth-order valence-corrected chi connectivity index (χ4v) is 10.3. The van der Waals surface area contributed by atoms with Gasteiger partial charge in [0.05, 0.1) is 17.6 Å². The Bertz CT molecular complexity index is 3060. The highest BCUT2D eigenvalue weighted by Crippen LogP contribution is 2.38. The molecule has 5 aromatic heterocycles. The van der Waals surface area contributed by atoms with Crippen LogP contribution in [0.5, 0.6) is 11.5 Å². The van der Waals surface area contributed by atoms with Crippen molar-refractivity contribution in [2.45, 2.75) is 109 Å². The number of hydrogen-bond donors (Lipinski definition) is 3. The molecule has 2 aliphatic rings. The number of carbonyl (C=O) groups is 2. The van der Waals surface area contributed by atoms with Crippen LogP contribution in [0.25, 0.3) is 27.9 Å². The first-order valence-electron chi connectivity index (χ1n) is 25.4. The predicted molar refractivity (Wildman–Crippen MR) is 287 cm³/mol. The van der Waals surface area contributed by atoms with Crippen LogP contribution in [0.15, 0.2) is 104 Å². The van der Waals surface area contributed by atoms with Crippen molar-refractivity contribution in [3.63, 3.8) is 0 Å². The molecule has 9 rings (SSSR count). The van der Waals surface area contributed by atoms with E-state index in [1.165, 1.54) is 12.7 Å². The summed E-state index contributed by atoms with van der Waals surface area (Å²) in [6, 6.07) is 23.0. The number of likely N-dealkylation sites (tertiary alicyclic amines) is 1. The lowest BCUT2D eigenvalue weighted by Gasteiger charge is -2.39. The number of anilines is 4. The highest BCUT2D eigenvalue weighted by molar-refractivity contribution is 6.74. The number of aromatic nitrogens is 8. The highest BCUT2D eigenvalue weighted by atomic mass is 28.4. The second-order valence-electron chi connectivity index (χ2n) is 20.4. The topological polar surface area (TPSA) is 205 Å². The summed E-state index contributed by atoms with van der Waals surface area (Å²) in [6.45, 7) is 20.3. The number of nitrogen functional groups attached to an aromatic ring is 1. The van der Waals surface area contributed by atoms with E-state index in [0.717, 1.165) is 91.4 Å². The van der Waals surface area contributed by atoms with Gasteiger partial charge in [0, 0.05) is 67.8 Å². The quantitative estimate of drug-likeness (QED) is 0.0574. The number of nitrogens with two attached hydrogens (primary N) is 1. The van der Waals surface area contributed by atoms with Crippen molar-refractivity contribution in [3.05, 3.63) is 115 Å². The van der Waals surface area contributed by atoms with Gasteiger partial charge in [-0.15, -0.1) is 0 Å². The predicted octanol–water partition coefficient (Wildman–Crippen LogP) is 10.2. The summed E-state index contributed by atoms with van der Waals surface area (Å²) >= 11 is 0. The molecule has 18 nitrogen and oxygen atoms in total. The Kier molecular flexibility index (Phi) is 15.1. The molecule has 0 unspecified atom stereocenters. The van der Waals surface area contributed by atoms with E-state index in [1.807, 2.05) is 76.1 Å². The Morgan fingerprint density at radius 3 is 2.47 bits per heavy atom. The van der Waals surface area contributed by atoms with E-state index in [9.17, 15) is 9.59 Å². The molecule has 73 heavy (non-hydrogen) atoms. The number of nitrogens with zero attached hydrogens (tertiary/aromatic N) is 10. The SMILES string of the molecule is C=C(COC(=O)Nc1ccc(CNc2cc(N3CCCC[C@H]3CCO[Si](C)(C)C(C)(C)C)nc3c(CC)cnn23)cn1)C(=O)N1CCC[C@H](n2nc(-c3ccc(Oc4ccccc4)cc3)c3c(N)ncnc32)C1. The van der Waals surface area contributed by atoms with E-state index in [2.05, 4.69) is 83.9 Å². The van der Waals surface area contributed by atoms with Crippen LogP contribution in [0.1, 0.15) is 83.4 Å². The maximum Gasteiger partial charge on any atom is 0.413 e. The Balaban J connectivity index is 0.786. The number of para-hydroxylation sites is 1. The van der Waals surface area contributed by atoms with Gasteiger partial charge in [0.15, 0.2) is 19.6 Å². The molecule has 2 aromatic carbocycles. The van der Waals surface area contributed by atoms with Crippen LogP contribution in [-0.2, 0) is 26.9 Å². The van der Waals surface area contributed by atoms with Crippen molar-refractivity contribution in [2.75, 3.05) is 54.1 Å². The van der Waals surface area contributed by atoms with Gasteiger partial charge in [-0.1, -0.05) is 58.5 Å². The van der Waals surface area contributed by atoms with Gasteiger partial charge in [-0.3, -0.25) is 10.1 Å². The number of carbonyl (C=O) groups excluding carboxylic acids is 2. The molecule has 0 bridgehead atoms. The normalized spacial score (nSPS) is 16.4. The summed E-state index contributed by atoms with van der Waals surface area (Å²) < 4.78 is 21.8. The summed E-state index contributed by atoms with van der Waals surface area (Å²) in [5.41, 5.74) is 11.4. The Hall–Kier alpha value is -7.38. The summed E-state index contributed by atoms with van der Waals surface area (Å²) in [5.74, 6) is 3.49. The maximum atomic E-state index is 13.7. The third-order valence-electron chi connectivity index (χ3n) is 14.4. The summed E-state index contributed by atoms with van der Waals surface area (Å²) in [4.78, 5) is 49.4. The molecule has 2 atom stereocenters. The lowest BCUT2D eigenvalue weighted by atomic mass is 9.99. The average molecular weight is 1010 g/mol. The number of fused-ring (bicyclic) bond motifs is 2. The second-order valence-corrected chi connectivity index (χ2v) is 25.3. The molecule has 19 heteroatoms. The van der Waals surface area contributed by atoms with Gasteiger partial charge in [-0.25, -0.2) is 29.4 Å². The molecular formula is C54H67N13O5Si. The van der Waals surface area contributed by atoms with Crippen molar-refractivity contribution in [2.24, 2.45) is 0 Å². The molecule has 0 spiro atoms. The molecule has 7 aromatic rings. The van der Waals surface area contributed by atoms with Crippen LogP contribution in [0, 0.1) is 0 Å². The van der Waals surface area contributed by atoms with Crippen molar-refractivity contribution in [3.8, 4) is 22.8 Å². The van der Waals surface area contributed by atoms with Gasteiger partial charge >= 0.3 is 6.09 Å². The van der Waals surface area contributed by atoms with Crippen molar-refractivity contribution in [1.82, 2.24) is 44.2 Å². The van der Waals surface area contributed by atoms with E-state index in [-0.39, 0.29) is 29.2 Å². The number of amides is 2. The molecule has 0 radical (unpaired) electrons. The molecule has 0 aliphatic carbocycles. The van der Waals surface area contributed by atoms with Crippen LogP contribution >= 0.6 is 0 Å². The summed E-state index contributed by atoms with van der Waals surface area (Å²) in [7, 11) is -1.85. The lowest BCUT2D eigenvalue weighted by Crippen LogP contribution is -2.44. The van der Waals surface area contributed by atoms with Crippen molar-refractivity contribution in [1.29, 1.82) is 0 Å². The fraction of sp³-hybridized carbons (Fsp3) is 0.407. The summed E-state index contributed by atoms with van der Waals surface area (Å²) in [6.07, 6.45) is 10.9. The molecule has 382 valence electrons. The minimum Gasteiger partial charge on any atom is -0.457 e. The molecule has 2 saturated heterocycles. The minimum atomic E-state index is -1.85. The van der Waals surface area contributed by atoms with Crippen LogP contribution in [0.3, 0.4) is 0 Å². The third kappa shape index (κ3) is 11.5. The Morgan fingerprint density at radius 1 is 0.918 bits per heavy atom. The van der Waals surface area contributed by atoms with Gasteiger partial charge in [-0.2, -0.15) is 14.7 Å². The van der Waals surface area contributed by atoms with Crippen LogP contribution < -0.4 is 26.0 Å². The van der Waals surface area contributed by atoms with Crippen LogP contribution in [0.2, 0.25) is 18.1 Å². The number of hydrogen-bond acceptors (Lipinski definition) is 14. The maximum absolute atomic E-state index is 13.7. The van der Waals surface area contributed by atoms with E-state index >= 15 is 0 Å². The first-order valence-corrected chi connectivity index (χ1v) is 28.3. The molecule has 7 heterocycles. The van der Waals surface area contributed by atoms with Gasteiger partial charge in [0.25, 0.3) is 5.91 Å². The van der Waals surface area contributed by atoms with E-state index in [1.54, 1.807) is 17.2 Å². The number of benzene rings is 2. The zero-order chi connectivity index (χ0) is 51.3. The molecule has 0 saturated carbocycles. The van der Waals surface area contributed by atoms with Gasteiger partial charge in [-0.05, 0) is 111 Å². The number of pyridine rings is 1. The van der Waals surface area contributed by atoms with Gasteiger partial charge < -0.3 is 34.8 Å². The van der Waals surface area contributed by atoms with E-state index < -0.39 is 14.4 Å². The number of piperidine rings is 2. The standard InChI is InChI=1S/C54H67N13O5Si/c1-8-38-32-60-67-45(29-46(62-50(38)67)65-27-13-12-15-40(65)25-28-71-73(6,7)54(3,4)5)57-31-37-19-24-44(56-30-37)61-53(69)70-34-36(2)52(68)64-26-14-16-41(33-64)66-51-47(49(55)58-35-59-51)48(63-66)39-20-22-43(23-21-39)72-42-17-10-9-11-18-42/h9-11,17-24,29-30,32,35,40-41,57H,2,8,12-16,25-28,31,33-34H2,1,3-7H3,(H2,55,58,59)(H,56,61,69)/t40-,41-/m0/s1. The summed E-state index contributed by atoms with van der Waals surface area (Å²) in [5, 5.41) is 16.8. The number of nitrogens with one attached hydrogen (secondary N) is 2. The Morgan fingerprint density at radius 2 is 1.71 bits per heavy atom. The minimum absolute atomic E-state index is 0.142. The number of ether oxygens (including phenoxy) is 2. The smallest absolute Gasteiger partial charge is 0.413 e. The molecule has 2 fully saturated rings. The van der Waals surface area contributed by atoms with E-state index in [0.29, 0.717) is 59.8 Å². The molecular weight excluding hydrogens is 939 g/mol. The fourth-order valence-electron chi connectivity index (χ4n) is 9.26. The van der Waals surface area contributed by atoms with Crippen molar-refractivity contribution < 1.29 is 23.5 Å². The van der Waals surface area contributed by atoms with Crippen molar-refractivity contribution >= 4 is 60.3 Å². The van der Waals surface area contributed by atoms with Gasteiger partial charge in [0.2, 0.25) is 0 Å².